The second-order valence-electron chi connectivity index (χ2n) is 5.30. The molecule has 1 aliphatic heterocycles. The lowest BCUT2D eigenvalue weighted by atomic mass is 10.2. The Labute approximate surface area is 143 Å². The minimum atomic E-state index is -0.250. The molecular weight excluding hydrogens is 341 g/mol. The molecule has 116 valence electrons. The van der Waals surface area contributed by atoms with Gasteiger partial charge in [0.05, 0.1) is 0 Å². The van der Waals surface area contributed by atoms with Gasteiger partial charge in [0.1, 0.15) is 9.36 Å². The van der Waals surface area contributed by atoms with Gasteiger partial charge in [-0.05, 0) is 23.5 Å². The zero-order chi connectivity index (χ0) is 15.5. The van der Waals surface area contributed by atoms with Gasteiger partial charge in [0.2, 0.25) is 0 Å². The first-order valence-corrected chi connectivity index (χ1v) is 8.54. The van der Waals surface area contributed by atoms with Gasteiger partial charge in [-0.1, -0.05) is 53.5 Å². The summed E-state index contributed by atoms with van der Waals surface area (Å²) in [5.41, 5.74) is 1.50. The maximum atomic E-state index is 12.2. The van der Waals surface area contributed by atoms with Gasteiger partial charge in [-0.2, -0.15) is 4.37 Å². The number of nitrogens with one attached hydrogen (secondary N) is 1. The van der Waals surface area contributed by atoms with Crippen molar-refractivity contribution in [3.63, 3.8) is 0 Å². The number of nitrogens with zero attached hydrogens (tertiary/aromatic N) is 2. The predicted octanol–water partition coefficient (Wildman–Crippen LogP) is 3.45. The van der Waals surface area contributed by atoms with E-state index in [4.69, 9.17) is 23.2 Å². The van der Waals surface area contributed by atoms with Crippen LogP contribution in [0.25, 0.3) is 0 Å². The summed E-state index contributed by atoms with van der Waals surface area (Å²) < 4.78 is 4.35. The molecule has 0 bridgehead atoms. The summed E-state index contributed by atoms with van der Waals surface area (Å²) in [4.78, 5) is 14.5. The number of carbonyl (C=O) groups is 1. The Balaban J connectivity index is 1.55. The van der Waals surface area contributed by atoms with Crippen LogP contribution in [0.4, 0.5) is 0 Å². The zero-order valence-electron chi connectivity index (χ0n) is 11.8. The third-order valence-corrected chi connectivity index (χ3v) is 5.28. The number of rotatable bonds is 4. The van der Waals surface area contributed by atoms with E-state index in [1.807, 2.05) is 18.2 Å². The number of carbonyl (C=O) groups excluding carboxylic acids is 1. The monoisotopic (exact) mass is 355 g/mol. The molecule has 1 N–H and O–H groups in total. The van der Waals surface area contributed by atoms with Crippen LogP contribution in [0.1, 0.15) is 22.5 Å². The molecule has 4 nitrogen and oxygen atoms in total. The summed E-state index contributed by atoms with van der Waals surface area (Å²) in [5.74, 6) is -0.250. The number of benzene rings is 1. The maximum absolute atomic E-state index is 12.2. The summed E-state index contributed by atoms with van der Waals surface area (Å²) in [6, 6.07) is 10.4. The van der Waals surface area contributed by atoms with Crippen LogP contribution >= 0.6 is 34.7 Å². The molecule has 1 aromatic carbocycles. The summed E-state index contributed by atoms with van der Waals surface area (Å²) in [5, 5.41) is 3.22. The van der Waals surface area contributed by atoms with Gasteiger partial charge < -0.3 is 5.32 Å². The van der Waals surface area contributed by atoms with E-state index in [0.717, 1.165) is 37.6 Å². The normalized spacial score (nSPS) is 18.5. The van der Waals surface area contributed by atoms with Crippen LogP contribution in [0.3, 0.4) is 0 Å². The fourth-order valence-electron chi connectivity index (χ4n) is 2.59. The van der Waals surface area contributed by atoms with E-state index in [0.29, 0.717) is 4.34 Å². The molecule has 1 fully saturated rings. The van der Waals surface area contributed by atoms with Gasteiger partial charge in [0.15, 0.2) is 5.69 Å². The van der Waals surface area contributed by atoms with Crippen LogP contribution in [0.2, 0.25) is 9.36 Å². The molecule has 1 unspecified atom stereocenters. The Morgan fingerprint density at radius 3 is 2.82 bits per heavy atom. The van der Waals surface area contributed by atoms with Crippen molar-refractivity contribution in [2.45, 2.75) is 19.0 Å². The van der Waals surface area contributed by atoms with Crippen molar-refractivity contribution in [3.8, 4) is 0 Å². The van der Waals surface area contributed by atoms with Crippen molar-refractivity contribution in [3.05, 3.63) is 50.9 Å². The number of likely N-dealkylation sites (tertiary alicyclic amines) is 1. The standard InChI is InChI=1S/C15H15Cl2N3OS/c16-12-13(19-22-14(12)17)15(21)18-11-6-7-20(9-11)8-10-4-2-1-3-5-10/h1-5,11H,6-9H2,(H,18,21). The highest BCUT2D eigenvalue weighted by Gasteiger charge is 2.26. The van der Waals surface area contributed by atoms with Gasteiger partial charge in [-0.25, -0.2) is 0 Å². The first-order valence-electron chi connectivity index (χ1n) is 7.01. The number of hydrogen-bond acceptors (Lipinski definition) is 4. The second-order valence-corrected chi connectivity index (χ2v) is 7.05. The lowest BCUT2D eigenvalue weighted by molar-refractivity contribution is 0.0934. The lowest BCUT2D eigenvalue weighted by Gasteiger charge is -2.16. The maximum Gasteiger partial charge on any atom is 0.272 e. The molecule has 7 heteroatoms. The topological polar surface area (TPSA) is 45.2 Å². The van der Waals surface area contributed by atoms with Crippen LogP contribution in [-0.4, -0.2) is 34.3 Å². The van der Waals surface area contributed by atoms with E-state index in [1.165, 1.54) is 5.56 Å². The van der Waals surface area contributed by atoms with Gasteiger partial charge in [0.25, 0.3) is 5.91 Å². The van der Waals surface area contributed by atoms with Crippen molar-refractivity contribution in [2.24, 2.45) is 0 Å². The van der Waals surface area contributed by atoms with Crippen LogP contribution in [0.15, 0.2) is 30.3 Å². The molecule has 1 saturated heterocycles. The molecular formula is C15H15Cl2N3OS. The SMILES string of the molecule is O=C(NC1CCN(Cc2ccccc2)C1)c1nsc(Cl)c1Cl. The van der Waals surface area contributed by atoms with Gasteiger partial charge in [-0.15, -0.1) is 0 Å². The Morgan fingerprint density at radius 2 is 2.14 bits per heavy atom. The minimum Gasteiger partial charge on any atom is -0.347 e. The summed E-state index contributed by atoms with van der Waals surface area (Å²) in [6.45, 7) is 2.69. The van der Waals surface area contributed by atoms with Crippen LogP contribution in [0.5, 0.6) is 0 Å². The highest BCUT2D eigenvalue weighted by Crippen LogP contribution is 2.29. The van der Waals surface area contributed by atoms with Crippen LogP contribution in [0, 0.1) is 0 Å². The highest BCUT2D eigenvalue weighted by molar-refractivity contribution is 7.11. The molecule has 1 amide bonds. The predicted molar refractivity (Wildman–Crippen MR) is 89.7 cm³/mol. The van der Waals surface area contributed by atoms with E-state index in [-0.39, 0.29) is 22.7 Å². The summed E-state index contributed by atoms with van der Waals surface area (Å²) in [7, 11) is 0. The Bertz CT molecular complexity index is 662. The number of halogens is 2. The molecule has 1 aliphatic rings. The first kappa shape index (κ1) is 15.7. The molecule has 2 aromatic rings. The Kier molecular flexibility index (Phi) is 4.98. The number of hydrogen-bond donors (Lipinski definition) is 1. The molecule has 2 heterocycles. The summed E-state index contributed by atoms with van der Waals surface area (Å²) >= 11 is 12.8. The molecule has 1 atom stereocenters. The van der Waals surface area contributed by atoms with Gasteiger partial charge in [0, 0.05) is 25.7 Å². The molecule has 0 saturated carbocycles. The lowest BCUT2D eigenvalue weighted by Crippen LogP contribution is -2.37. The Hall–Kier alpha value is -1.14. The minimum absolute atomic E-state index is 0.118. The molecule has 0 radical (unpaired) electrons. The molecule has 22 heavy (non-hydrogen) atoms. The smallest absolute Gasteiger partial charge is 0.272 e. The first-order chi connectivity index (χ1) is 10.6. The Morgan fingerprint density at radius 1 is 1.36 bits per heavy atom. The molecule has 3 rings (SSSR count). The van der Waals surface area contributed by atoms with Crippen molar-refractivity contribution in [2.75, 3.05) is 13.1 Å². The van der Waals surface area contributed by atoms with E-state index in [1.54, 1.807) is 0 Å². The molecule has 0 aliphatic carbocycles. The second kappa shape index (κ2) is 6.96. The van der Waals surface area contributed by atoms with Gasteiger partial charge >= 0.3 is 0 Å². The number of aromatic nitrogens is 1. The van der Waals surface area contributed by atoms with E-state index >= 15 is 0 Å². The van der Waals surface area contributed by atoms with Crippen molar-refractivity contribution in [1.29, 1.82) is 0 Å². The van der Waals surface area contributed by atoms with Gasteiger partial charge in [-0.3, -0.25) is 9.69 Å². The van der Waals surface area contributed by atoms with E-state index in [2.05, 4.69) is 26.7 Å². The van der Waals surface area contributed by atoms with E-state index in [9.17, 15) is 4.79 Å². The van der Waals surface area contributed by atoms with Crippen LogP contribution < -0.4 is 5.32 Å². The van der Waals surface area contributed by atoms with Crippen LogP contribution in [-0.2, 0) is 6.54 Å². The van der Waals surface area contributed by atoms with Crippen molar-refractivity contribution >= 4 is 40.6 Å². The fourth-order valence-corrected chi connectivity index (χ4v) is 3.59. The van der Waals surface area contributed by atoms with E-state index < -0.39 is 0 Å². The quantitative estimate of drug-likeness (QED) is 0.913. The highest BCUT2D eigenvalue weighted by atomic mass is 35.5. The van der Waals surface area contributed by atoms with Crippen molar-refractivity contribution < 1.29 is 4.79 Å². The number of amides is 1. The van der Waals surface area contributed by atoms with Crippen molar-refractivity contribution in [1.82, 2.24) is 14.6 Å². The molecule has 0 spiro atoms. The summed E-state index contributed by atoms with van der Waals surface area (Å²) in [6.07, 6.45) is 0.925. The largest absolute Gasteiger partial charge is 0.347 e. The third-order valence-electron chi connectivity index (χ3n) is 3.67. The zero-order valence-corrected chi connectivity index (χ0v) is 14.1. The molecule has 1 aromatic heterocycles. The fraction of sp³-hybridized carbons (Fsp3) is 0.333. The third kappa shape index (κ3) is 3.60. The average Bonchev–Trinajstić information content (AvgIpc) is 3.08. The average molecular weight is 356 g/mol.